The molecule has 0 radical (unpaired) electrons. The molecule has 0 bridgehead atoms. The van der Waals surface area contributed by atoms with Gasteiger partial charge in [0.1, 0.15) is 0 Å². The fraction of sp³-hybridized carbons (Fsp3) is 0.571. The van der Waals surface area contributed by atoms with Gasteiger partial charge in [0, 0.05) is 22.1 Å². The maximum absolute atomic E-state index is 5.71. The summed E-state index contributed by atoms with van der Waals surface area (Å²) in [4.78, 5) is 0. The monoisotopic (exact) mass is 375 g/mol. The molecule has 1 aromatic carbocycles. The van der Waals surface area contributed by atoms with Crippen molar-refractivity contribution in [2.75, 3.05) is 13.2 Å². The molecule has 0 aliphatic carbocycles. The molecular weight excluding hydrogens is 358 g/mol. The van der Waals surface area contributed by atoms with Crippen LogP contribution in [-0.2, 0) is 11.3 Å². The number of nitrogens with one attached hydrogen (secondary N) is 1. The largest absolute Gasteiger partial charge is 0.378 e. The van der Waals surface area contributed by atoms with Gasteiger partial charge in [-0.3, -0.25) is 0 Å². The number of hydrogen-bond donors (Lipinski definition) is 1. The van der Waals surface area contributed by atoms with Crippen molar-refractivity contribution in [2.45, 2.75) is 38.3 Å². The van der Waals surface area contributed by atoms with Gasteiger partial charge >= 0.3 is 0 Å². The van der Waals surface area contributed by atoms with Crippen LogP contribution >= 0.6 is 31.9 Å². The lowest BCUT2D eigenvalue weighted by Crippen LogP contribution is -2.25. The zero-order valence-corrected chi connectivity index (χ0v) is 13.6. The van der Waals surface area contributed by atoms with E-state index in [2.05, 4.69) is 55.4 Å². The maximum atomic E-state index is 5.71. The molecule has 0 saturated carbocycles. The Bertz CT molecular complexity index is 378. The van der Waals surface area contributed by atoms with E-state index in [1.54, 1.807) is 0 Å². The molecule has 1 heterocycles. The van der Waals surface area contributed by atoms with Crippen LogP contribution in [0.4, 0.5) is 0 Å². The average molecular weight is 377 g/mol. The molecule has 1 atom stereocenters. The fourth-order valence-electron chi connectivity index (χ4n) is 2.18. The van der Waals surface area contributed by atoms with Crippen molar-refractivity contribution >= 4 is 31.9 Å². The molecule has 0 amide bonds. The summed E-state index contributed by atoms with van der Waals surface area (Å²) < 4.78 is 7.92. The highest BCUT2D eigenvalue weighted by molar-refractivity contribution is 9.13. The summed E-state index contributed by atoms with van der Waals surface area (Å²) in [5, 5.41) is 3.48. The molecule has 1 unspecified atom stereocenters. The van der Waals surface area contributed by atoms with Gasteiger partial charge in [0.05, 0.1) is 6.10 Å². The molecule has 2 nitrogen and oxygen atoms in total. The van der Waals surface area contributed by atoms with Crippen LogP contribution in [0, 0.1) is 0 Å². The summed E-state index contributed by atoms with van der Waals surface area (Å²) in [7, 11) is 0. The highest BCUT2D eigenvalue weighted by Gasteiger charge is 2.12. The number of halogens is 2. The van der Waals surface area contributed by atoms with E-state index in [9.17, 15) is 0 Å². The lowest BCUT2D eigenvalue weighted by molar-refractivity contribution is 0.0115. The van der Waals surface area contributed by atoms with Crippen molar-refractivity contribution < 1.29 is 4.74 Å². The minimum Gasteiger partial charge on any atom is -0.378 e. The van der Waals surface area contributed by atoms with E-state index in [0.29, 0.717) is 6.10 Å². The quantitative estimate of drug-likeness (QED) is 0.775. The molecule has 1 fully saturated rings. The molecule has 100 valence electrons. The molecule has 0 spiro atoms. The highest BCUT2D eigenvalue weighted by atomic mass is 79.9. The van der Waals surface area contributed by atoms with Crippen LogP contribution in [0.5, 0.6) is 0 Å². The molecule has 1 aliphatic heterocycles. The van der Waals surface area contributed by atoms with Gasteiger partial charge in [-0.15, -0.1) is 0 Å². The molecule has 18 heavy (non-hydrogen) atoms. The van der Waals surface area contributed by atoms with E-state index in [-0.39, 0.29) is 0 Å². The summed E-state index contributed by atoms with van der Waals surface area (Å²) in [5.74, 6) is 0. The Morgan fingerprint density at radius 2 is 2.11 bits per heavy atom. The smallest absolute Gasteiger partial charge is 0.0587 e. The van der Waals surface area contributed by atoms with Gasteiger partial charge in [-0.1, -0.05) is 6.07 Å². The molecule has 4 heteroatoms. The summed E-state index contributed by atoms with van der Waals surface area (Å²) in [5.41, 5.74) is 1.30. The van der Waals surface area contributed by atoms with Gasteiger partial charge in [0.2, 0.25) is 0 Å². The van der Waals surface area contributed by atoms with Gasteiger partial charge in [0.15, 0.2) is 0 Å². The number of ether oxygens (including phenoxy) is 1. The van der Waals surface area contributed by atoms with Crippen molar-refractivity contribution in [3.05, 3.63) is 32.7 Å². The normalized spacial score (nSPS) is 20.0. The molecule has 1 aromatic rings. The van der Waals surface area contributed by atoms with Crippen molar-refractivity contribution in [1.82, 2.24) is 5.32 Å². The molecular formula is C14H19Br2NO. The van der Waals surface area contributed by atoms with Crippen molar-refractivity contribution in [3.8, 4) is 0 Å². The van der Waals surface area contributed by atoms with E-state index in [0.717, 1.165) is 35.1 Å². The van der Waals surface area contributed by atoms with Gasteiger partial charge in [0.25, 0.3) is 0 Å². The number of rotatable bonds is 5. The zero-order chi connectivity index (χ0) is 12.8. The molecule has 1 saturated heterocycles. The second-order valence-electron chi connectivity index (χ2n) is 4.70. The Morgan fingerprint density at radius 3 is 2.83 bits per heavy atom. The average Bonchev–Trinajstić information content (AvgIpc) is 2.40. The van der Waals surface area contributed by atoms with Gasteiger partial charge in [-0.25, -0.2) is 0 Å². The van der Waals surface area contributed by atoms with E-state index >= 15 is 0 Å². The third kappa shape index (κ3) is 4.65. The summed E-state index contributed by atoms with van der Waals surface area (Å²) in [6, 6.07) is 6.36. The van der Waals surface area contributed by atoms with Crippen LogP contribution in [0.25, 0.3) is 0 Å². The van der Waals surface area contributed by atoms with Gasteiger partial charge in [-0.2, -0.15) is 0 Å². The molecule has 0 aromatic heterocycles. The first-order valence-corrected chi connectivity index (χ1v) is 8.10. The van der Waals surface area contributed by atoms with E-state index in [1.165, 1.54) is 24.8 Å². The SMILES string of the molecule is Brc1ccc(CNCCC2CCCCO2)cc1Br. The Hall–Kier alpha value is 0.1000. The lowest BCUT2D eigenvalue weighted by atomic mass is 10.1. The number of benzene rings is 1. The molecule has 1 N–H and O–H groups in total. The zero-order valence-electron chi connectivity index (χ0n) is 10.4. The van der Waals surface area contributed by atoms with Crippen LogP contribution in [0.3, 0.4) is 0 Å². The molecule has 1 aliphatic rings. The van der Waals surface area contributed by atoms with Crippen LogP contribution in [-0.4, -0.2) is 19.3 Å². The van der Waals surface area contributed by atoms with Crippen molar-refractivity contribution in [1.29, 1.82) is 0 Å². The standard InChI is InChI=1S/C14H19Br2NO/c15-13-5-4-11(9-14(13)16)10-17-7-6-12-3-1-2-8-18-12/h4-5,9,12,17H,1-3,6-8,10H2. The topological polar surface area (TPSA) is 21.3 Å². The van der Waals surface area contributed by atoms with E-state index < -0.39 is 0 Å². The summed E-state index contributed by atoms with van der Waals surface area (Å²) in [6.07, 6.45) is 5.38. The number of hydrogen-bond acceptors (Lipinski definition) is 2. The van der Waals surface area contributed by atoms with E-state index in [1.807, 2.05) is 0 Å². The first kappa shape index (κ1) is 14.5. The first-order chi connectivity index (χ1) is 8.75. The second kappa shape index (κ2) is 7.63. The lowest BCUT2D eigenvalue weighted by Gasteiger charge is -2.22. The Labute approximate surface area is 126 Å². The van der Waals surface area contributed by atoms with Crippen LogP contribution in [0.15, 0.2) is 27.1 Å². The Morgan fingerprint density at radius 1 is 1.22 bits per heavy atom. The summed E-state index contributed by atoms with van der Waals surface area (Å²) in [6.45, 7) is 2.89. The second-order valence-corrected chi connectivity index (χ2v) is 6.41. The Kier molecular flexibility index (Phi) is 6.15. The summed E-state index contributed by atoms with van der Waals surface area (Å²) >= 11 is 7.00. The van der Waals surface area contributed by atoms with E-state index in [4.69, 9.17) is 4.74 Å². The van der Waals surface area contributed by atoms with Crippen LogP contribution in [0.2, 0.25) is 0 Å². The maximum Gasteiger partial charge on any atom is 0.0587 e. The predicted molar refractivity (Wildman–Crippen MR) is 81.8 cm³/mol. The van der Waals surface area contributed by atoms with Crippen LogP contribution in [0.1, 0.15) is 31.2 Å². The van der Waals surface area contributed by atoms with Crippen LogP contribution < -0.4 is 5.32 Å². The molecule has 2 rings (SSSR count). The Balaban J connectivity index is 1.66. The first-order valence-electron chi connectivity index (χ1n) is 6.52. The van der Waals surface area contributed by atoms with Crippen molar-refractivity contribution in [3.63, 3.8) is 0 Å². The fourth-order valence-corrected chi connectivity index (χ4v) is 2.85. The highest BCUT2D eigenvalue weighted by Crippen LogP contribution is 2.23. The predicted octanol–water partition coefficient (Wildman–Crippen LogP) is 4.26. The van der Waals surface area contributed by atoms with Gasteiger partial charge < -0.3 is 10.1 Å². The minimum atomic E-state index is 0.475. The minimum absolute atomic E-state index is 0.475. The van der Waals surface area contributed by atoms with Crippen molar-refractivity contribution in [2.24, 2.45) is 0 Å². The third-order valence-electron chi connectivity index (χ3n) is 3.23. The third-order valence-corrected chi connectivity index (χ3v) is 5.11. The van der Waals surface area contributed by atoms with Gasteiger partial charge in [-0.05, 0) is 81.8 Å².